The van der Waals surface area contributed by atoms with E-state index in [0.29, 0.717) is 17.0 Å². The molecule has 1 aliphatic rings. The maximum Gasteiger partial charge on any atom is 0.338 e. The molecule has 3 heteroatoms. The van der Waals surface area contributed by atoms with Crippen LogP contribution in [-0.2, 0) is 11.4 Å². The van der Waals surface area contributed by atoms with E-state index >= 15 is 0 Å². The maximum atomic E-state index is 12.5. The summed E-state index contributed by atoms with van der Waals surface area (Å²) in [6.45, 7) is -0.485. The van der Waals surface area contributed by atoms with Crippen LogP contribution in [0.15, 0.2) is 18.2 Å². The number of halogens is 1. The van der Waals surface area contributed by atoms with Gasteiger partial charge in [-0.05, 0) is 36.0 Å². The fourth-order valence-corrected chi connectivity index (χ4v) is 1.72. The summed E-state index contributed by atoms with van der Waals surface area (Å²) in [5, 5.41) is 0. The molecule has 0 radical (unpaired) electrons. The SMILES string of the molecule is COC(=O)c1ccc(CF)cc1C1CC1. The van der Waals surface area contributed by atoms with Crippen LogP contribution in [0.4, 0.5) is 4.39 Å². The van der Waals surface area contributed by atoms with Gasteiger partial charge in [0.15, 0.2) is 0 Å². The van der Waals surface area contributed by atoms with Crippen LogP contribution in [-0.4, -0.2) is 13.1 Å². The Morgan fingerprint density at radius 2 is 2.27 bits per heavy atom. The molecule has 2 nitrogen and oxygen atoms in total. The zero-order valence-corrected chi connectivity index (χ0v) is 8.63. The van der Waals surface area contributed by atoms with Crippen LogP contribution in [0.1, 0.15) is 40.2 Å². The normalized spacial score (nSPS) is 15.1. The van der Waals surface area contributed by atoms with Gasteiger partial charge in [-0.2, -0.15) is 0 Å². The van der Waals surface area contributed by atoms with E-state index in [-0.39, 0.29) is 5.97 Å². The van der Waals surface area contributed by atoms with E-state index in [1.165, 1.54) is 7.11 Å². The van der Waals surface area contributed by atoms with E-state index in [4.69, 9.17) is 4.74 Å². The van der Waals surface area contributed by atoms with Gasteiger partial charge in [-0.25, -0.2) is 9.18 Å². The molecule has 1 aromatic rings. The average molecular weight is 208 g/mol. The molecule has 1 fully saturated rings. The Bertz CT molecular complexity index is 383. The third kappa shape index (κ3) is 2.01. The number of ether oxygens (including phenoxy) is 1. The van der Waals surface area contributed by atoms with Crippen molar-refractivity contribution in [3.05, 3.63) is 34.9 Å². The topological polar surface area (TPSA) is 26.3 Å². The summed E-state index contributed by atoms with van der Waals surface area (Å²) < 4.78 is 17.2. The summed E-state index contributed by atoms with van der Waals surface area (Å²) in [5.41, 5.74) is 2.15. The number of esters is 1. The van der Waals surface area contributed by atoms with Crippen molar-refractivity contribution in [3.8, 4) is 0 Å². The van der Waals surface area contributed by atoms with Crippen LogP contribution in [0.25, 0.3) is 0 Å². The lowest BCUT2D eigenvalue weighted by atomic mass is 10.0. The second-order valence-electron chi connectivity index (χ2n) is 3.82. The highest BCUT2D eigenvalue weighted by Crippen LogP contribution is 2.42. The van der Waals surface area contributed by atoms with E-state index in [1.54, 1.807) is 18.2 Å². The minimum atomic E-state index is -0.485. The van der Waals surface area contributed by atoms with Gasteiger partial charge in [-0.3, -0.25) is 0 Å². The monoisotopic (exact) mass is 208 g/mol. The third-order valence-corrected chi connectivity index (χ3v) is 2.69. The molecule has 0 heterocycles. The number of carbonyl (C=O) groups is 1. The van der Waals surface area contributed by atoms with Crippen LogP contribution < -0.4 is 0 Å². The molecule has 15 heavy (non-hydrogen) atoms. The first-order valence-corrected chi connectivity index (χ1v) is 5.03. The first kappa shape index (κ1) is 10.1. The molecule has 0 bridgehead atoms. The molecular weight excluding hydrogens is 195 g/mol. The number of alkyl halides is 1. The van der Waals surface area contributed by atoms with Crippen LogP contribution in [0, 0.1) is 0 Å². The molecule has 1 aromatic carbocycles. The molecular formula is C12H13FO2. The second-order valence-corrected chi connectivity index (χ2v) is 3.82. The second kappa shape index (κ2) is 4.01. The van der Waals surface area contributed by atoms with Gasteiger partial charge in [0.2, 0.25) is 0 Å². The van der Waals surface area contributed by atoms with Crippen molar-refractivity contribution >= 4 is 5.97 Å². The molecule has 0 spiro atoms. The molecule has 0 aliphatic heterocycles. The zero-order chi connectivity index (χ0) is 10.8. The lowest BCUT2D eigenvalue weighted by Crippen LogP contribution is -2.05. The Morgan fingerprint density at radius 1 is 1.53 bits per heavy atom. The van der Waals surface area contributed by atoms with E-state index < -0.39 is 6.67 Å². The summed E-state index contributed by atoms with van der Waals surface area (Å²) in [7, 11) is 1.36. The maximum absolute atomic E-state index is 12.5. The fourth-order valence-electron chi connectivity index (χ4n) is 1.72. The molecule has 0 aromatic heterocycles. The molecule has 2 rings (SSSR count). The minimum Gasteiger partial charge on any atom is -0.465 e. The standard InChI is InChI=1S/C12H13FO2/c1-15-12(14)10-5-2-8(7-13)6-11(10)9-3-4-9/h2,5-6,9H,3-4,7H2,1H3. The van der Waals surface area contributed by atoms with Crippen LogP contribution in [0.3, 0.4) is 0 Å². The number of hydrogen-bond acceptors (Lipinski definition) is 2. The molecule has 0 unspecified atom stereocenters. The average Bonchev–Trinajstić information content (AvgIpc) is 3.11. The predicted molar refractivity (Wildman–Crippen MR) is 54.6 cm³/mol. The first-order chi connectivity index (χ1) is 7.26. The molecule has 0 saturated heterocycles. The van der Waals surface area contributed by atoms with Gasteiger partial charge in [-0.15, -0.1) is 0 Å². The van der Waals surface area contributed by atoms with Crippen molar-refractivity contribution in [1.82, 2.24) is 0 Å². The van der Waals surface area contributed by atoms with Crippen molar-refractivity contribution in [2.75, 3.05) is 7.11 Å². The van der Waals surface area contributed by atoms with Crippen molar-refractivity contribution in [2.45, 2.75) is 25.4 Å². The fraction of sp³-hybridized carbons (Fsp3) is 0.417. The quantitative estimate of drug-likeness (QED) is 0.714. The Morgan fingerprint density at radius 3 is 2.80 bits per heavy atom. The lowest BCUT2D eigenvalue weighted by molar-refractivity contribution is 0.0599. The van der Waals surface area contributed by atoms with Gasteiger partial charge in [0, 0.05) is 0 Å². The van der Waals surface area contributed by atoms with Gasteiger partial charge in [0.05, 0.1) is 12.7 Å². The predicted octanol–water partition coefficient (Wildman–Crippen LogP) is 2.82. The van der Waals surface area contributed by atoms with Crippen LogP contribution in [0.2, 0.25) is 0 Å². The highest BCUT2D eigenvalue weighted by molar-refractivity contribution is 5.91. The molecule has 1 aliphatic carbocycles. The van der Waals surface area contributed by atoms with Gasteiger partial charge in [-0.1, -0.05) is 12.1 Å². The summed E-state index contributed by atoms with van der Waals surface area (Å²) in [4.78, 5) is 11.5. The molecule has 1 saturated carbocycles. The summed E-state index contributed by atoms with van der Waals surface area (Å²) in [6, 6.07) is 5.08. The Balaban J connectivity index is 2.39. The van der Waals surface area contributed by atoms with E-state index in [9.17, 15) is 9.18 Å². The van der Waals surface area contributed by atoms with E-state index in [1.807, 2.05) is 0 Å². The van der Waals surface area contributed by atoms with Crippen molar-refractivity contribution in [2.24, 2.45) is 0 Å². The highest BCUT2D eigenvalue weighted by Gasteiger charge is 2.28. The Hall–Kier alpha value is -1.38. The Kier molecular flexibility index (Phi) is 2.71. The third-order valence-electron chi connectivity index (χ3n) is 2.69. The lowest BCUT2D eigenvalue weighted by Gasteiger charge is -2.07. The molecule has 0 atom stereocenters. The van der Waals surface area contributed by atoms with Gasteiger partial charge < -0.3 is 4.74 Å². The van der Waals surface area contributed by atoms with Crippen LogP contribution in [0.5, 0.6) is 0 Å². The van der Waals surface area contributed by atoms with Crippen molar-refractivity contribution in [1.29, 1.82) is 0 Å². The van der Waals surface area contributed by atoms with Crippen LogP contribution >= 0.6 is 0 Å². The summed E-state index contributed by atoms with van der Waals surface area (Å²) in [5.74, 6) is 0.0907. The van der Waals surface area contributed by atoms with Gasteiger partial charge >= 0.3 is 5.97 Å². The number of benzene rings is 1. The van der Waals surface area contributed by atoms with Gasteiger partial charge in [0.25, 0.3) is 0 Å². The smallest absolute Gasteiger partial charge is 0.338 e. The van der Waals surface area contributed by atoms with Crippen molar-refractivity contribution < 1.29 is 13.9 Å². The van der Waals surface area contributed by atoms with Gasteiger partial charge in [0.1, 0.15) is 6.67 Å². The molecule has 80 valence electrons. The summed E-state index contributed by atoms with van der Waals surface area (Å²) >= 11 is 0. The number of rotatable bonds is 3. The molecule has 0 amide bonds. The molecule has 0 N–H and O–H groups in total. The largest absolute Gasteiger partial charge is 0.465 e. The Labute approximate surface area is 88.1 Å². The highest BCUT2D eigenvalue weighted by atomic mass is 19.1. The summed E-state index contributed by atoms with van der Waals surface area (Å²) in [6.07, 6.45) is 2.17. The van der Waals surface area contributed by atoms with E-state index in [2.05, 4.69) is 0 Å². The number of carbonyl (C=O) groups excluding carboxylic acids is 1. The number of methoxy groups -OCH3 is 1. The van der Waals surface area contributed by atoms with Crippen molar-refractivity contribution in [3.63, 3.8) is 0 Å². The first-order valence-electron chi connectivity index (χ1n) is 5.03. The minimum absolute atomic E-state index is 0.331. The van der Waals surface area contributed by atoms with E-state index in [0.717, 1.165) is 18.4 Å². The zero-order valence-electron chi connectivity index (χ0n) is 8.63. The number of hydrogen-bond donors (Lipinski definition) is 0.